The van der Waals surface area contributed by atoms with E-state index < -0.39 is 0 Å². The molecule has 0 aromatic carbocycles. The van der Waals surface area contributed by atoms with E-state index in [9.17, 15) is 0 Å². The molecule has 1 heterocycles. The Morgan fingerprint density at radius 2 is 2.40 bits per heavy atom. The van der Waals surface area contributed by atoms with E-state index in [1.165, 1.54) is 6.42 Å². The third-order valence-corrected chi connectivity index (χ3v) is 1.92. The first-order valence-electron chi connectivity index (χ1n) is 4.04. The van der Waals surface area contributed by atoms with Crippen molar-refractivity contribution in [3.05, 3.63) is 12.3 Å². The van der Waals surface area contributed by atoms with E-state index in [1.807, 2.05) is 0 Å². The quantitative estimate of drug-likeness (QED) is 0.619. The van der Waals surface area contributed by atoms with Crippen molar-refractivity contribution in [1.29, 1.82) is 0 Å². The lowest BCUT2D eigenvalue weighted by Gasteiger charge is -2.32. The standard InChI is InChI=1S/C8H16N2/c1-3-8-9-6-5-7-10(8)4-2/h5,7-9H,3-4,6H2,1-2H3. The molecule has 1 N–H and O–H groups in total. The Balaban J connectivity index is 2.47. The topological polar surface area (TPSA) is 15.3 Å². The summed E-state index contributed by atoms with van der Waals surface area (Å²) in [4.78, 5) is 2.32. The molecule has 10 heavy (non-hydrogen) atoms. The lowest BCUT2D eigenvalue weighted by atomic mass is 10.3. The van der Waals surface area contributed by atoms with Gasteiger partial charge in [-0.2, -0.15) is 0 Å². The zero-order chi connectivity index (χ0) is 7.40. The van der Waals surface area contributed by atoms with Crippen molar-refractivity contribution in [1.82, 2.24) is 10.2 Å². The molecule has 0 bridgehead atoms. The van der Waals surface area contributed by atoms with Crippen LogP contribution in [0.1, 0.15) is 20.3 Å². The third kappa shape index (κ3) is 1.51. The normalized spacial score (nSPS) is 25.4. The van der Waals surface area contributed by atoms with Gasteiger partial charge in [0.05, 0.1) is 6.17 Å². The molecule has 2 heteroatoms. The monoisotopic (exact) mass is 140 g/mol. The highest BCUT2D eigenvalue weighted by Crippen LogP contribution is 2.04. The maximum Gasteiger partial charge on any atom is 0.0789 e. The molecule has 0 spiro atoms. The second-order valence-electron chi connectivity index (χ2n) is 2.55. The van der Waals surface area contributed by atoms with Crippen LogP contribution in [0.15, 0.2) is 12.3 Å². The fourth-order valence-electron chi connectivity index (χ4n) is 1.32. The first-order chi connectivity index (χ1) is 4.88. The van der Waals surface area contributed by atoms with E-state index in [1.54, 1.807) is 0 Å². The summed E-state index contributed by atoms with van der Waals surface area (Å²) in [6.45, 7) is 6.51. The second kappa shape index (κ2) is 3.62. The number of hydrogen-bond donors (Lipinski definition) is 1. The number of rotatable bonds is 2. The molecule has 0 aromatic heterocycles. The van der Waals surface area contributed by atoms with Crippen LogP contribution in [0.5, 0.6) is 0 Å². The van der Waals surface area contributed by atoms with Gasteiger partial charge in [0.2, 0.25) is 0 Å². The Kier molecular flexibility index (Phi) is 2.75. The van der Waals surface area contributed by atoms with E-state index in [0.29, 0.717) is 6.17 Å². The molecule has 58 valence electrons. The molecule has 1 rings (SSSR count). The number of nitrogens with one attached hydrogen (secondary N) is 1. The van der Waals surface area contributed by atoms with Gasteiger partial charge in [0.1, 0.15) is 0 Å². The molecule has 2 nitrogen and oxygen atoms in total. The molecule has 0 aliphatic carbocycles. The van der Waals surface area contributed by atoms with Crippen LogP contribution < -0.4 is 5.32 Å². The Morgan fingerprint density at radius 1 is 1.60 bits per heavy atom. The van der Waals surface area contributed by atoms with Crippen LogP contribution in [0, 0.1) is 0 Å². The molecule has 0 saturated heterocycles. The van der Waals surface area contributed by atoms with Gasteiger partial charge < -0.3 is 4.90 Å². The van der Waals surface area contributed by atoms with Crippen LogP contribution >= 0.6 is 0 Å². The smallest absolute Gasteiger partial charge is 0.0789 e. The van der Waals surface area contributed by atoms with Crippen molar-refractivity contribution >= 4 is 0 Å². The Morgan fingerprint density at radius 3 is 2.90 bits per heavy atom. The van der Waals surface area contributed by atoms with Gasteiger partial charge in [-0.25, -0.2) is 0 Å². The van der Waals surface area contributed by atoms with Gasteiger partial charge in [-0.15, -0.1) is 0 Å². The molecule has 1 aliphatic heterocycles. The molecule has 0 radical (unpaired) electrons. The summed E-state index contributed by atoms with van der Waals surface area (Å²) in [5, 5.41) is 3.41. The predicted octanol–water partition coefficient (Wildman–Crippen LogP) is 1.16. The average molecular weight is 140 g/mol. The summed E-state index contributed by atoms with van der Waals surface area (Å²) < 4.78 is 0. The van der Waals surface area contributed by atoms with Gasteiger partial charge >= 0.3 is 0 Å². The Bertz CT molecular complexity index is 120. The van der Waals surface area contributed by atoms with Crippen LogP contribution in [0.25, 0.3) is 0 Å². The fraction of sp³-hybridized carbons (Fsp3) is 0.750. The van der Waals surface area contributed by atoms with Crippen LogP contribution in [0.3, 0.4) is 0 Å². The predicted molar refractivity (Wildman–Crippen MR) is 43.6 cm³/mol. The van der Waals surface area contributed by atoms with Gasteiger partial charge in [-0.1, -0.05) is 13.0 Å². The third-order valence-electron chi connectivity index (χ3n) is 1.92. The molecule has 0 aromatic rings. The van der Waals surface area contributed by atoms with Gasteiger partial charge in [0, 0.05) is 13.1 Å². The van der Waals surface area contributed by atoms with Crippen molar-refractivity contribution in [3.63, 3.8) is 0 Å². The minimum atomic E-state index is 0.565. The van der Waals surface area contributed by atoms with Gasteiger partial charge in [-0.3, -0.25) is 5.32 Å². The van der Waals surface area contributed by atoms with Crippen molar-refractivity contribution < 1.29 is 0 Å². The van der Waals surface area contributed by atoms with Crippen LogP contribution in [0.2, 0.25) is 0 Å². The highest BCUT2D eigenvalue weighted by atomic mass is 15.3. The molecular formula is C8H16N2. The van der Waals surface area contributed by atoms with Gasteiger partial charge in [0.25, 0.3) is 0 Å². The minimum Gasteiger partial charge on any atom is -0.363 e. The first kappa shape index (κ1) is 7.61. The molecular weight excluding hydrogens is 124 g/mol. The maximum absolute atomic E-state index is 3.41. The van der Waals surface area contributed by atoms with Crippen LogP contribution in [0.4, 0.5) is 0 Å². The van der Waals surface area contributed by atoms with Crippen molar-refractivity contribution in [2.75, 3.05) is 13.1 Å². The Labute approximate surface area is 62.9 Å². The average Bonchev–Trinajstić information content (AvgIpc) is 2.04. The molecule has 0 amide bonds. The van der Waals surface area contributed by atoms with E-state index in [0.717, 1.165) is 13.1 Å². The van der Waals surface area contributed by atoms with Crippen molar-refractivity contribution in [2.45, 2.75) is 26.4 Å². The van der Waals surface area contributed by atoms with E-state index in [4.69, 9.17) is 0 Å². The summed E-state index contributed by atoms with van der Waals surface area (Å²) in [6, 6.07) is 0. The fourth-order valence-corrected chi connectivity index (χ4v) is 1.32. The minimum absolute atomic E-state index is 0.565. The number of nitrogens with zero attached hydrogens (tertiary/aromatic N) is 1. The maximum atomic E-state index is 3.41. The zero-order valence-corrected chi connectivity index (χ0v) is 6.80. The summed E-state index contributed by atoms with van der Waals surface area (Å²) in [5.41, 5.74) is 0. The van der Waals surface area contributed by atoms with Crippen molar-refractivity contribution in [2.24, 2.45) is 0 Å². The largest absolute Gasteiger partial charge is 0.363 e. The zero-order valence-electron chi connectivity index (χ0n) is 6.80. The molecule has 1 unspecified atom stereocenters. The van der Waals surface area contributed by atoms with E-state index in [2.05, 4.69) is 36.3 Å². The lowest BCUT2D eigenvalue weighted by molar-refractivity contribution is 0.229. The van der Waals surface area contributed by atoms with Gasteiger partial charge in [-0.05, 0) is 19.5 Å². The van der Waals surface area contributed by atoms with Crippen LogP contribution in [-0.4, -0.2) is 24.2 Å². The van der Waals surface area contributed by atoms with Crippen LogP contribution in [-0.2, 0) is 0 Å². The second-order valence-corrected chi connectivity index (χ2v) is 2.55. The first-order valence-corrected chi connectivity index (χ1v) is 4.04. The highest BCUT2D eigenvalue weighted by Gasteiger charge is 2.12. The highest BCUT2D eigenvalue weighted by molar-refractivity contribution is 4.92. The summed E-state index contributed by atoms with van der Waals surface area (Å²) >= 11 is 0. The van der Waals surface area contributed by atoms with E-state index in [-0.39, 0.29) is 0 Å². The van der Waals surface area contributed by atoms with Gasteiger partial charge in [0.15, 0.2) is 0 Å². The molecule has 0 fully saturated rings. The lowest BCUT2D eigenvalue weighted by Crippen LogP contribution is -2.45. The summed E-state index contributed by atoms with van der Waals surface area (Å²) in [7, 11) is 0. The Hall–Kier alpha value is -0.500. The molecule has 0 saturated carbocycles. The summed E-state index contributed by atoms with van der Waals surface area (Å²) in [6.07, 6.45) is 6.09. The SMILES string of the molecule is CCC1NCC=CN1CC. The summed E-state index contributed by atoms with van der Waals surface area (Å²) in [5.74, 6) is 0. The van der Waals surface area contributed by atoms with Crippen molar-refractivity contribution in [3.8, 4) is 0 Å². The number of hydrogen-bond acceptors (Lipinski definition) is 2. The molecule has 1 aliphatic rings. The molecule has 1 atom stereocenters. The van der Waals surface area contributed by atoms with E-state index >= 15 is 0 Å².